The minimum Gasteiger partial charge on any atom is -0.383 e. The normalized spacial score (nSPS) is 14.2. The average molecular weight is 431 g/mol. The fourth-order valence-electron chi connectivity index (χ4n) is 4.52. The predicted molar refractivity (Wildman–Crippen MR) is 123 cm³/mol. The number of aromatic amines is 1. The zero-order chi connectivity index (χ0) is 22.2. The lowest BCUT2D eigenvalue weighted by atomic mass is 10.0. The number of para-hydroxylation sites is 1. The molecule has 8 heteroatoms. The molecule has 1 unspecified atom stereocenters. The number of benzene rings is 2. The largest absolute Gasteiger partial charge is 0.383 e. The summed E-state index contributed by atoms with van der Waals surface area (Å²) in [6.07, 6.45) is 0.913. The summed E-state index contributed by atoms with van der Waals surface area (Å²) in [5.41, 5.74) is 6.04. The Morgan fingerprint density at radius 3 is 2.81 bits per heavy atom. The standard InChI is InChI=1S/C24H26N6O2/c1-15-12-18-14-19(24(31)25-20(18)13-16(15)2)22(23-26-27-28-30(23)10-11-32-3)29-9-8-17-6-4-5-7-21(17)29/h4-7,12-14,22H,8-11H2,1-3H3,(H,25,31). The Morgan fingerprint density at radius 1 is 1.16 bits per heavy atom. The van der Waals surface area contributed by atoms with Gasteiger partial charge < -0.3 is 14.6 Å². The zero-order valence-corrected chi connectivity index (χ0v) is 18.5. The van der Waals surface area contributed by atoms with Crippen LogP contribution < -0.4 is 10.5 Å². The summed E-state index contributed by atoms with van der Waals surface area (Å²) < 4.78 is 6.98. The Labute approximate surface area is 185 Å². The van der Waals surface area contributed by atoms with E-state index >= 15 is 0 Å². The fourth-order valence-corrected chi connectivity index (χ4v) is 4.52. The average Bonchev–Trinajstić information content (AvgIpc) is 3.42. The van der Waals surface area contributed by atoms with Crippen molar-refractivity contribution < 1.29 is 4.74 Å². The molecule has 5 rings (SSSR count). The number of nitrogens with one attached hydrogen (secondary N) is 1. The molecular formula is C24H26N6O2. The molecule has 1 atom stereocenters. The zero-order valence-electron chi connectivity index (χ0n) is 18.5. The maximum Gasteiger partial charge on any atom is 0.254 e. The lowest BCUT2D eigenvalue weighted by Gasteiger charge is -2.29. The van der Waals surface area contributed by atoms with Gasteiger partial charge in [-0.2, -0.15) is 0 Å². The Bertz CT molecular complexity index is 1340. The Balaban J connectivity index is 1.71. The van der Waals surface area contributed by atoms with Gasteiger partial charge in [-0.25, -0.2) is 4.68 Å². The number of hydrogen-bond donors (Lipinski definition) is 1. The summed E-state index contributed by atoms with van der Waals surface area (Å²) >= 11 is 0. The number of rotatable bonds is 6. The van der Waals surface area contributed by atoms with Crippen LogP contribution in [0.3, 0.4) is 0 Å². The highest BCUT2D eigenvalue weighted by Gasteiger charge is 2.34. The van der Waals surface area contributed by atoms with Crippen LogP contribution in [0.1, 0.15) is 34.1 Å². The van der Waals surface area contributed by atoms with Gasteiger partial charge >= 0.3 is 0 Å². The van der Waals surface area contributed by atoms with Crippen molar-refractivity contribution in [3.8, 4) is 0 Å². The van der Waals surface area contributed by atoms with Crippen molar-refractivity contribution in [3.05, 3.63) is 80.9 Å². The second-order valence-electron chi connectivity index (χ2n) is 8.31. The van der Waals surface area contributed by atoms with Gasteiger partial charge in [0.05, 0.1) is 13.2 Å². The number of hydrogen-bond acceptors (Lipinski definition) is 6. The van der Waals surface area contributed by atoms with E-state index in [1.807, 2.05) is 24.3 Å². The van der Waals surface area contributed by atoms with E-state index in [1.165, 1.54) is 11.1 Å². The summed E-state index contributed by atoms with van der Waals surface area (Å²) in [5, 5.41) is 13.5. The maximum atomic E-state index is 13.4. The third kappa shape index (κ3) is 3.46. The first-order valence-electron chi connectivity index (χ1n) is 10.8. The van der Waals surface area contributed by atoms with Crippen molar-refractivity contribution >= 4 is 16.6 Å². The first kappa shape index (κ1) is 20.4. The molecule has 0 saturated heterocycles. The lowest BCUT2D eigenvalue weighted by Crippen LogP contribution is -2.34. The van der Waals surface area contributed by atoms with Crippen molar-refractivity contribution in [1.29, 1.82) is 0 Å². The highest BCUT2D eigenvalue weighted by Crippen LogP contribution is 2.37. The van der Waals surface area contributed by atoms with Gasteiger partial charge in [-0.3, -0.25) is 4.79 Å². The fraction of sp³-hybridized carbons (Fsp3) is 0.333. The molecule has 8 nitrogen and oxygen atoms in total. The van der Waals surface area contributed by atoms with Crippen molar-refractivity contribution in [2.45, 2.75) is 32.9 Å². The number of pyridine rings is 1. The monoisotopic (exact) mass is 430 g/mol. The molecule has 1 aliphatic rings. The lowest BCUT2D eigenvalue weighted by molar-refractivity contribution is 0.181. The molecule has 2 aromatic heterocycles. The number of nitrogens with zero attached hydrogens (tertiary/aromatic N) is 5. The van der Waals surface area contributed by atoms with Gasteiger partial charge in [-0.1, -0.05) is 18.2 Å². The number of aromatic nitrogens is 5. The van der Waals surface area contributed by atoms with Crippen molar-refractivity contribution in [1.82, 2.24) is 25.2 Å². The van der Waals surface area contributed by atoms with Gasteiger partial charge in [-0.15, -0.1) is 5.10 Å². The molecule has 1 aliphatic heterocycles. The minimum atomic E-state index is -0.416. The minimum absolute atomic E-state index is 0.128. The van der Waals surface area contributed by atoms with E-state index in [2.05, 4.69) is 57.5 Å². The number of aryl methyl sites for hydroxylation is 2. The summed E-state index contributed by atoms with van der Waals surface area (Å²) in [6.45, 7) is 5.90. The molecule has 2 aromatic carbocycles. The van der Waals surface area contributed by atoms with Crippen LogP contribution in [0.15, 0.2) is 47.3 Å². The molecule has 1 N–H and O–H groups in total. The first-order valence-corrected chi connectivity index (χ1v) is 10.8. The van der Waals surface area contributed by atoms with E-state index in [-0.39, 0.29) is 5.56 Å². The summed E-state index contributed by atoms with van der Waals surface area (Å²) in [5.74, 6) is 0.632. The van der Waals surface area contributed by atoms with Crippen LogP contribution in [-0.2, 0) is 17.7 Å². The van der Waals surface area contributed by atoms with Gasteiger partial charge in [0.15, 0.2) is 5.82 Å². The van der Waals surface area contributed by atoms with Gasteiger partial charge in [0.2, 0.25) is 0 Å². The quantitative estimate of drug-likeness (QED) is 0.506. The summed E-state index contributed by atoms with van der Waals surface area (Å²) in [7, 11) is 1.65. The van der Waals surface area contributed by atoms with Crippen molar-refractivity contribution in [2.24, 2.45) is 0 Å². The van der Waals surface area contributed by atoms with E-state index < -0.39 is 6.04 Å². The number of H-pyrrole nitrogens is 1. The molecule has 32 heavy (non-hydrogen) atoms. The molecule has 0 radical (unpaired) electrons. The molecule has 0 aliphatic carbocycles. The smallest absolute Gasteiger partial charge is 0.254 e. The third-order valence-electron chi connectivity index (χ3n) is 6.33. The first-order chi connectivity index (χ1) is 15.6. The van der Waals surface area contributed by atoms with Crippen LogP contribution >= 0.6 is 0 Å². The second-order valence-corrected chi connectivity index (χ2v) is 8.31. The van der Waals surface area contributed by atoms with Crippen LogP contribution in [0, 0.1) is 13.8 Å². The number of methoxy groups -OCH3 is 1. The Hall–Kier alpha value is -3.52. The van der Waals surface area contributed by atoms with E-state index in [0.29, 0.717) is 24.5 Å². The molecular weight excluding hydrogens is 404 g/mol. The highest BCUT2D eigenvalue weighted by atomic mass is 16.5. The van der Waals surface area contributed by atoms with Gasteiger partial charge in [0.1, 0.15) is 6.04 Å². The molecule has 0 saturated carbocycles. The molecule has 4 aromatic rings. The number of fused-ring (bicyclic) bond motifs is 2. The van der Waals surface area contributed by atoms with Crippen molar-refractivity contribution in [2.75, 3.05) is 25.2 Å². The third-order valence-corrected chi connectivity index (χ3v) is 6.33. The summed E-state index contributed by atoms with van der Waals surface area (Å²) in [4.78, 5) is 18.7. The SMILES string of the molecule is COCCn1nnnc1C(c1cc2cc(C)c(C)cc2[nH]c1=O)N1CCc2ccccc21. The van der Waals surface area contributed by atoms with Gasteiger partial charge in [0.25, 0.3) is 5.56 Å². The van der Waals surface area contributed by atoms with E-state index in [0.717, 1.165) is 35.1 Å². The molecule has 0 bridgehead atoms. The molecule has 164 valence electrons. The highest BCUT2D eigenvalue weighted by molar-refractivity contribution is 5.81. The number of ether oxygens (including phenoxy) is 1. The second kappa shape index (κ2) is 8.20. The molecule has 0 amide bonds. The number of anilines is 1. The van der Waals surface area contributed by atoms with Crippen molar-refractivity contribution in [3.63, 3.8) is 0 Å². The topological polar surface area (TPSA) is 88.9 Å². The Kier molecular flexibility index (Phi) is 5.22. The Morgan fingerprint density at radius 2 is 1.97 bits per heavy atom. The molecule has 3 heterocycles. The maximum absolute atomic E-state index is 13.4. The van der Waals surface area contributed by atoms with E-state index in [9.17, 15) is 4.79 Å². The van der Waals surface area contributed by atoms with Crippen LogP contribution in [0.5, 0.6) is 0 Å². The summed E-state index contributed by atoms with van der Waals surface area (Å²) in [6, 6.07) is 14.0. The van der Waals surface area contributed by atoms with E-state index in [4.69, 9.17) is 4.74 Å². The van der Waals surface area contributed by atoms with E-state index in [1.54, 1.807) is 11.8 Å². The molecule has 0 fully saturated rings. The van der Waals surface area contributed by atoms with Gasteiger partial charge in [-0.05, 0) is 77.0 Å². The molecule has 0 spiro atoms. The predicted octanol–water partition coefficient (Wildman–Crippen LogP) is 2.93. The van der Waals surface area contributed by atoms with Crippen LogP contribution in [-0.4, -0.2) is 45.5 Å². The number of tetrazole rings is 1. The van der Waals surface area contributed by atoms with Crippen LogP contribution in [0.2, 0.25) is 0 Å². The van der Waals surface area contributed by atoms with Gasteiger partial charge in [0, 0.05) is 30.4 Å². The van der Waals surface area contributed by atoms with Crippen LogP contribution in [0.25, 0.3) is 10.9 Å². The van der Waals surface area contributed by atoms with Crippen LogP contribution in [0.4, 0.5) is 5.69 Å².